The zero-order valence-corrected chi connectivity index (χ0v) is 7.00. The topological polar surface area (TPSA) is 25.8 Å². The highest BCUT2D eigenvalue weighted by Gasteiger charge is 2.24. The Balaban J connectivity index is 2.28. The molecule has 0 amide bonds. The van der Waals surface area contributed by atoms with Crippen molar-refractivity contribution >= 4 is 15.9 Å². The predicted molar refractivity (Wildman–Crippen MR) is 41.7 cm³/mol. The van der Waals surface area contributed by atoms with Crippen LogP contribution in [0.2, 0.25) is 0 Å². The molecule has 3 heteroatoms. The summed E-state index contributed by atoms with van der Waals surface area (Å²) in [5, 5.41) is 7.95. The largest absolute Gasteiger partial charge is 0.154 e. The highest BCUT2D eigenvalue weighted by atomic mass is 79.9. The number of halogens is 1. The first-order valence-electron chi connectivity index (χ1n) is 3.35. The van der Waals surface area contributed by atoms with Crippen LogP contribution in [0.25, 0.3) is 0 Å². The maximum absolute atomic E-state index is 4.04. The van der Waals surface area contributed by atoms with Gasteiger partial charge in [0, 0.05) is 5.92 Å². The molecule has 0 aliphatic heterocycles. The summed E-state index contributed by atoms with van der Waals surface area (Å²) in [5.74, 6) is 0.709. The second-order valence-electron chi connectivity index (χ2n) is 2.56. The summed E-state index contributed by atoms with van der Waals surface area (Å²) in [4.78, 5) is 0. The number of rotatable bonds is 1. The van der Waals surface area contributed by atoms with Gasteiger partial charge in [0.1, 0.15) is 4.60 Å². The van der Waals surface area contributed by atoms with Gasteiger partial charge in [0.25, 0.3) is 0 Å². The fourth-order valence-corrected chi connectivity index (χ4v) is 1.13. The first kappa shape index (κ1) is 6.28. The molecule has 1 saturated carbocycles. The van der Waals surface area contributed by atoms with Gasteiger partial charge in [0.15, 0.2) is 0 Å². The fraction of sp³-hybridized carbons (Fsp3) is 0.429. The maximum Gasteiger partial charge on any atom is 0.128 e. The van der Waals surface area contributed by atoms with E-state index in [9.17, 15) is 0 Å². The molecule has 10 heavy (non-hydrogen) atoms. The van der Waals surface area contributed by atoms with Crippen LogP contribution in [0.3, 0.4) is 0 Å². The van der Waals surface area contributed by atoms with Gasteiger partial charge in [-0.1, -0.05) is 0 Å². The summed E-state index contributed by atoms with van der Waals surface area (Å²) in [6.45, 7) is 0. The van der Waals surface area contributed by atoms with Gasteiger partial charge in [0.2, 0.25) is 0 Å². The third-order valence-electron chi connectivity index (χ3n) is 1.65. The van der Waals surface area contributed by atoms with Gasteiger partial charge >= 0.3 is 0 Å². The summed E-state index contributed by atoms with van der Waals surface area (Å²) < 4.78 is 0.817. The van der Waals surface area contributed by atoms with Crippen molar-refractivity contribution in [2.75, 3.05) is 0 Å². The van der Waals surface area contributed by atoms with E-state index in [4.69, 9.17) is 0 Å². The van der Waals surface area contributed by atoms with Crippen LogP contribution < -0.4 is 0 Å². The van der Waals surface area contributed by atoms with Crippen LogP contribution in [0, 0.1) is 0 Å². The van der Waals surface area contributed by atoms with Crippen LogP contribution in [0.15, 0.2) is 16.7 Å². The minimum atomic E-state index is 0.709. The third kappa shape index (κ3) is 1.19. The maximum atomic E-state index is 4.04. The Morgan fingerprint density at radius 1 is 1.30 bits per heavy atom. The quantitative estimate of drug-likeness (QED) is 0.692. The first-order chi connectivity index (χ1) is 4.86. The van der Waals surface area contributed by atoms with Crippen molar-refractivity contribution < 1.29 is 0 Å². The summed E-state index contributed by atoms with van der Waals surface area (Å²) >= 11 is 3.24. The molecule has 1 aromatic rings. The molecule has 0 unspecified atom stereocenters. The zero-order chi connectivity index (χ0) is 6.97. The summed E-state index contributed by atoms with van der Waals surface area (Å²) in [7, 11) is 0. The van der Waals surface area contributed by atoms with Crippen LogP contribution in [0.4, 0.5) is 0 Å². The van der Waals surface area contributed by atoms with Gasteiger partial charge < -0.3 is 0 Å². The zero-order valence-electron chi connectivity index (χ0n) is 5.42. The molecule has 0 N–H and O–H groups in total. The van der Waals surface area contributed by atoms with E-state index in [1.165, 1.54) is 12.8 Å². The van der Waals surface area contributed by atoms with Gasteiger partial charge in [-0.25, -0.2) is 0 Å². The highest BCUT2D eigenvalue weighted by molar-refractivity contribution is 9.10. The normalized spacial score (nSPS) is 17.3. The first-order valence-corrected chi connectivity index (χ1v) is 4.15. The van der Waals surface area contributed by atoms with Gasteiger partial charge in [-0.15, -0.1) is 5.10 Å². The molecule has 1 heterocycles. The van der Waals surface area contributed by atoms with Crippen LogP contribution in [0.1, 0.15) is 24.5 Å². The molecule has 52 valence electrons. The molecule has 0 spiro atoms. The Kier molecular flexibility index (Phi) is 1.45. The second-order valence-corrected chi connectivity index (χ2v) is 3.37. The van der Waals surface area contributed by atoms with Crippen LogP contribution in [0.5, 0.6) is 0 Å². The molecule has 2 rings (SSSR count). The summed E-state index contributed by atoms with van der Waals surface area (Å²) in [5.41, 5.74) is 1.14. The van der Waals surface area contributed by atoms with Crippen molar-refractivity contribution in [1.29, 1.82) is 0 Å². The van der Waals surface area contributed by atoms with Crippen LogP contribution in [-0.2, 0) is 0 Å². The number of hydrogen-bond donors (Lipinski definition) is 0. The Morgan fingerprint density at radius 3 is 2.60 bits per heavy atom. The average Bonchev–Trinajstić information content (AvgIpc) is 2.71. The molecule has 2 nitrogen and oxygen atoms in total. The van der Waals surface area contributed by atoms with Crippen molar-refractivity contribution in [3.8, 4) is 0 Å². The molecular weight excluding hydrogens is 192 g/mol. The lowest BCUT2D eigenvalue weighted by Crippen LogP contribution is -1.88. The molecule has 0 saturated heterocycles. The van der Waals surface area contributed by atoms with Gasteiger partial charge in [-0.2, -0.15) is 5.10 Å². The lowest BCUT2D eigenvalue weighted by atomic mass is 10.3. The van der Waals surface area contributed by atoms with E-state index >= 15 is 0 Å². The second kappa shape index (κ2) is 2.31. The Bertz CT molecular complexity index is 228. The molecule has 1 aromatic heterocycles. The third-order valence-corrected chi connectivity index (χ3v) is 2.07. The van der Waals surface area contributed by atoms with E-state index in [0.717, 1.165) is 10.3 Å². The van der Waals surface area contributed by atoms with E-state index in [-0.39, 0.29) is 0 Å². The smallest absolute Gasteiger partial charge is 0.128 e. The Morgan fingerprint density at radius 2 is 2.10 bits per heavy atom. The van der Waals surface area contributed by atoms with Crippen molar-refractivity contribution in [3.05, 3.63) is 22.4 Å². The van der Waals surface area contributed by atoms with Crippen molar-refractivity contribution in [3.63, 3.8) is 0 Å². The number of nitrogens with zero attached hydrogens (tertiary/aromatic N) is 2. The molecule has 1 fully saturated rings. The molecule has 0 radical (unpaired) electrons. The SMILES string of the molecule is Brc1ccc(C2CC2)nn1. The summed E-state index contributed by atoms with van der Waals surface area (Å²) in [6, 6.07) is 3.98. The van der Waals surface area contributed by atoms with Gasteiger partial charge in [0.05, 0.1) is 5.69 Å². The lowest BCUT2D eigenvalue weighted by molar-refractivity contribution is 0.896. The Hall–Kier alpha value is -0.440. The lowest BCUT2D eigenvalue weighted by Gasteiger charge is -1.92. The number of hydrogen-bond acceptors (Lipinski definition) is 2. The average molecular weight is 199 g/mol. The van der Waals surface area contributed by atoms with E-state index < -0.39 is 0 Å². The fourth-order valence-electron chi connectivity index (χ4n) is 0.923. The standard InChI is InChI=1S/C7H7BrN2/c8-7-4-3-6(9-10-7)5-1-2-5/h3-5H,1-2H2. The predicted octanol–water partition coefficient (Wildman–Crippen LogP) is 2.12. The molecule has 1 aliphatic carbocycles. The van der Waals surface area contributed by atoms with Gasteiger partial charge in [-0.3, -0.25) is 0 Å². The van der Waals surface area contributed by atoms with E-state index in [1.807, 2.05) is 12.1 Å². The van der Waals surface area contributed by atoms with E-state index in [0.29, 0.717) is 5.92 Å². The van der Waals surface area contributed by atoms with E-state index in [2.05, 4.69) is 26.1 Å². The molecule has 0 atom stereocenters. The monoisotopic (exact) mass is 198 g/mol. The van der Waals surface area contributed by atoms with Crippen molar-refractivity contribution in [2.24, 2.45) is 0 Å². The van der Waals surface area contributed by atoms with Crippen LogP contribution in [-0.4, -0.2) is 10.2 Å². The molecule has 0 aromatic carbocycles. The van der Waals surface area contributed by atoms with Gasteiger partial charge in [-0.05, 0) is 40.9 Å². The minimum Gasteiger partial charge on any atom is -0.154 e. The van der Waals surface area contributed by atoms with Crippen molar-refractivity contribution in [2.45, 2.75) is 18.8 Å². The van der Waals surface area contributed by atoms with E-state index in [1.54, 1.807) is 0 Å². The molecule has 1 aliphatic rings. The minimum absolute atomic E-state index is 0.709. The van der Waals surface area contributed by atoms with Crippen molar-refractivity contribution in [1.82, 2.24) is 10.2 Å². The molecular formula is C7H7BrN2. The summed E-state index contributed by atoms with van der Waals surface area (Å²) in [6.07, 6.45) is 2.58. The highest BCUT2D eigenvalue weighted by Crippen LogP contribution is 2.38. The molecule has 0 bridgehead atoms. The Labute approximate surface area is 67.8 Å². The van der Waals surface area contributed by atoms with Crippen LogP contribution >= 0.6 is 15.9 Å². The number of aromatic nitrogens is 2.